The summed E-state index contributed by atoms with van der Waals surface area (Å²) in [6.07, 6.45) is 0. The van der Waals surface area contributed by atoms with Gasteiger partial charge in [0.1, 0.15) is 0 Å². The number of benzene rings is 2. The van der Waals surface area contributed by atoms with Gasteiger partial charge in [-0.2, -0.15) is 0 Å². The van der Waals surface area contributed by atoms with Crippen LogP contribution >= 0.6 is 0 Å². The van der Waals surface area contributed by atoms with Gasteiger partial charge in [-0.3, -0.25) is 0 Å². The average molecular weight is 276 g/mol. The van der Waals surface area contributed by atoms with E-state index in [2.05, 4.69) is 0 Å². The topological polar surface area (TPSA) is 37.3 Å². The maximum atomic E-state index is 12.3. The van der Waals surface area contributed by atoms with Crippen LogP contribution < -0.4 is 8.70 Å². The second kappa shape index (κ2) is 4.32. The SMILES string of the molecule is Cc1ccc([As](=O)(O)c2ccccc2)cc1. The van der Waals surface area contributed by atoms with E-state index in [0.29, 0.717) is 8.70 Å². The van der Waals surface area contributed by atoms with Gasteiger partial charge in [0.25, 0.3) is 0 Å². The summed E-state index contributed by atoms with van der Waals surface area (Å²) in [6, 6.07) is 16.0. The molecule has 2 nitrogen and oxygen atoms in total. The van der Waals surface area contributed by atoms with Gasteiger partial charge in [0.05, 0.1) is 0 Å². The fourth-order valence-corrected chi connectivity index (χ4v) is 4.52. The van der Waals surface area contributed by atoms with Crippen LogP contribution in [0.3, 0.4) is 0 Å². The van der Waals surface area contributed by atoms with Crippen molar-refractivity contribution in [2.75, 3.05) is 0 Å². The number of hydrogen-bond donors (Lipinski definition) is 1. The molecule has 3 heteroatoms. The van der Waals surface area contributed by atoms with E-state index in [1.54, 1.807) is 36.4 Å². The molecule has 1 atom stereocenters. The molecule has 0 saturated carbocycles. The Labute approximate surface area is 97.6 Å². The van der Waals surface area contributed by atoms with Crippen LogP contribution in [-0.2, 0) is 3.74 Å². The molecule has 2 rings (SSSR count). The van der Waals surface area contributed by atoms with E-state index < -0.39 is 13.8 Å². The molecule has 0 spiro atoms. The van der Waals surface area contributed by atoms with Gasteiger partial charge in [-0.1, -0.05) is 0 Å². The number of hydrogen-bond acceptors (Lipinski definition) is 1. The van der Waals surface area contributed by atoms with Gasteiger partial charge < -0.3 is 0 Å². The first-order valence-electron chi connectivity index (χ1n) is 5.06. The molecule has 0 heterocycles. The van der Waals surface area contributed by atoms with Crippen LogP contribution in [0, 0.1) is 6.92 Å². The van der Waals surface area contributed by atoms with Crippen molar-refractivity contribution in [3.8, 4) is 0 Å². The van der Waals surface area contributed by atoms with Crippen molar-refractivity contribution in [2.24, 2.45) is 0 Å². The fourth-order valence-electron chi connectivity index (χ4n) is 1.53. The van der Waals surface area contributed by atoms with Gasteiger partial charge in [-0.15, -0.1) is 0 Å². The third-order valence-electron chi connectivity index (χ3n) is 2.49. The molecule has 1 unspecified atom stereocenters. The molecule has 0 fully saturated rings. The molecule has 2 aromatic carbocycles. The molecular formula is C13H13AsO2. The predicted molar refractivity (Wildman–Crippen MR) is 65.5 cm³/mol. The standard InChI is InChI=1S/C13H13AsO2/c1-11-7-9-13(10-8-11)14(15,16)12-5-3-2-4-6-12/h2-10H,1H3,(H,15,16). The van der Waals surface area contributed by atoms with E-state index >= 15 is 0 Å². The van der Waals surface area contributed by atoms with Crippen LogP contribution in [0.1, 0.15) is 5.56 Å². The quantitative estimate of drug-likeness (QED) is 0.830. The normalized spacial score (nSPS) is 14.4. The summed E-state index contributed by atoms with van der Waals surface area (Å²) in [5, 5.41) is 0. The van der Waals surface area contributed by atoms with E-state index in [1.165, 1.54) is 0 Å². The molecule has 82 valence electrons. The summed E-state index contributed by atoms with van der Waals surface area (Å²) in [5.41, 5.74) is 1.09. The molecule has 0 saturated heterocycles. The van der Waals surface area contributed by atoms with Gasteiger partial charge in [-0.25, -0.2) is 0 Å². The van der Waals surface area contributed by atoms with Crippen LogP contribution in [0.25, 0.3) is 0 Å². The van der Waals surface area contributed by atoms with Gasteiger partial charge >= 0.3 is 97.5 Å². The summed E-state index contributed by atoms with van der Waals surface area (Å²) in [6.45, 7) is 1.96. The average Bonchev–Trinajstić information content (AvgIpc) is 2.31. The van der Waals surface area contributed by atoms with Gasteiger partial charge in [0.15, 0.2) is 0 Å². The molecule has 16 heavy (non-hydrogen) atoms. The van der Waals surface area contributed by atoms with E-state index in [4.69, 9.17) is 0 Å². The second-order valence-electron chi connectivity index (χ2n) is 3.75. The van der Waals surface area contributed by atoms with Crippen molar-refractivity contribution < 1.29 is 7.84 Å². The zero-order valence-corrected chi connectivity index (χ0v) is 10.9. The Hall–Kier alpha value is -1.24. The Morgan fingerprint density at radius 2 is 1.38 bits per heavy atom. The third kappa shape index (κ3) is 2.13. The summed E-state index contributed by atoms with van der Waals surface area (Å²) in [4.78, 5) is 0. The van der Waals surface area contributed by atoms with Crippen molar-refractivity contribution >= 4 is 22.5 Å². The Morgan fingerprint density at radius 1 is 0.875 bits per heavy atom. The van der Waals surface area contributed by atoms with Crippen molar-refractivity contribution in [2.45, 2.75) is 6.92 Å². The molecule has 1 N–H and O–H groups in total. The predicted octanol–water partition coefficient (Wildman–Crippen LogP) is 0.974. The molecule has 0 amide bonds. The molecule has 0 radical (unpaired) electrons. The number of rotatable bonds is 2. The van der Waals surface area contributed by atoms with Crippen molar-refractivity contribution in [1.29, 1.82) is 0 Å². The molecule has 0 aliphatic heterocycles. The molecule has 0 aliphatic rings. The first kappa shape index (κ1) is 11.2. The van der Waals surface area contributed by atoms with E-state index in [1.807, 2.05) is 25.1 Å². The summed E-state index contributed by atoms with van der Waals surface area (Å²) < 4.78 is 23.6. The zero-order chi connectivity index (χ0) is 11.6. The molecular weight excluding hydrogens is 263 g/mol. The maximum absolute atomic E-state index is 12.3. The number of aryl methyl sites for hydroxylation is 1. The summed E-state index contributed by atoms with van der Waals surface area (Å²) >= 11 is -4.10. The molecule has 2 aromatic rings. The molecule has 0 aromatic heterocycles. The third-order valence-corrected chi connectivity index (χ3v) is 6.68. The zero-order valence-electron chi connectivity index (χ0n) is 9.00. The summed E-state index contributed by atoms with van der Waals surface area (Å²) in [5.74, 6) is 0. The van der Waals surface area contributed by atoms with E-state index in [-0.39, 0.29) is 0 Å². The van der Waals surface area contributed by atoms with Crippen LogP contribution in [-0.4, -0.2) is 17.9 Å². The first-order valence-corrected chi connectivity index (χ1v) is 8.54. The Morgan fingerprint density at radius 3 is 1.94 bits per heavy atom. The Balaban J connectivity index is 2.47. The van der Waals surface area contributed by atoms with Crippen molar-refractivity contribution in [3.63, 3.8) is 0 Å². The van der Waals surface area contributed by atoms with E-state index in [9.17, 15) is 7.84 Å². The Bertz CT molecular complexity index is 517. The van der Waals surface area contributed by atoms with Gasteiger partial charge in [-0.05, 0) is 0 Å². The molecule has 0 aliphatic carbocycles. The van der Waals surface area contributed by atoms with Crippen LogP contribution in [0.2, 0.25) is 0 Å². The van der Waals surface area contributed by atoms with Gasteiger partial charge in [0, 0.05) is 0 Å². The van der Waals surface area contributed by atoms with Crippen LogP contribution in [0.5, 0.6) is 0 Å². The first-order chi connectivity index (χ1) is 7.60. The second-order valence-corrected chi connectivity index (χ2v) is 8.33. The monoisotopic (exact) mass is 276 g/mol. The van der Waals surface area contributed by atoms with Gasteiger partial charge in [0.2, 0.25) is 0 Å². The van der Waals surface area contributed by atoms with Crippen molar-refractivity contribution in [1.82, 2.24) is 0 Å². The van der Waals surface area contributed by atoms with Crippen LogP contribution in [0.4, 0.5) is 0 Å². The minimum atomic E-state index is -4.10. The Kier molecular flexibility index (Phi) is 3.04. The minimum absolute atomic E-state index is 0.532. The molecule has 0 bridgehead atoms. The fraction of sp³-hybridized carbons (Fsp3) is 0.0769. The van der Waals surface area contributed by atoms with Crippen LogP contribution in [0.15, 0.2) is 54.6 Å². The summed E-state index contributed by atoms with van der Waals surface area (Å²) in [7, 11) is 0. The van der Waals surface area contributed by atoms with E-state index in [0.717, 1.165) is 5.56 Å². The van der Waals surface area contributed by atoms with Crippen molar-refractivity contribution in [3.05, 3.63) is 60.2 Å².